The summed E-state index contributed by atoms with van der Waals surface area (Å²) >= 11 is 0. The molecule has 1 aromatic rings. The van der Waals surface area contributed by atoms with E-state index in [2.05, 4.69) is 27.8 Å². The van der Waals surface area contributed by atoms with Crippen LogP contribution in [0.5, 0.6) is 0 Å². The van der Waals surface area contributed by atoms with E-state index in [0.717, 1.165) is 50.1 Å². The highest BCUT2D eigenvalue weighted by Gasteiger charge is 2.28. The number of fused-ring (bicyclic) bond motifs is 1. The Labute approximate surface area is 130 Å². The third-order valence-corrected chi connectivity index (χ3v) is 4.19. The Kier molecular flexibility index (Phi) is 5.61. The molecule has 1 fully saturated rings. The highest BCUT2D eigenvalue weighted by Crippen LogP contribution is 2.19. The summed E-state index contributed by atoms with van der Waals surface area (Å²) in [6.07, 6.45) is 4.04. The average Bonchev–Trinajstić information content (AvgIpc) is 3.13. The van der Waals surface area contributed by atoms with Gasteiger partial charge in [-0.1, -0.05) is 6.92 Å². The fourth-order valence-corrected chi connectivity index (χ4v) is 3.03. The summed E-state index contributed by atoms with van der Waals surface area (Å²) in [5.74, 6) is -0.0893. The van der Waals surface area contributed by atoms with Crippen LogP contribution < -0.4 is 10.6 Å². The van der Waals surface area contributed by atoms with Crippen molar-refractivity contribution in [3.8, 4) is 0 Å². The molecule has 2 unspecified atom stereocenters. The number of H-pyrrole nitrogens is 1. The number of hydrogen-bond acceptors (Lipinski definition) is 4. The summed E-state index contributed by atoms with van der Waals surface area (Å²) in [4.78, 5) is 12.4. The summed E-state index contributed by atoms with van der Waals surface area (Å²) < 4.78 is 5.68. The lowest BCUT2D eigenvalue weighted by atomic mass is 10.0. The fourth-order valence-electron chi connectivity index (χ4n) is 3.03. The van der Waals surface area contributed by atoms with Crippen LogP contribution >= 0.6 is 12.4 Å². The van der Waals surface area contributed by atoms with Gasteiger partial charge in [0.05, 0.1) is 12.1 Å². The number of hydrogen-bond donors (Lipinski definition) is 3. The highest BCUT2D eigenvalue weighted by molar-refractivity contribution is 5.94. The van der Waals surface area contributed by atoms with Gasteiger partial charge in [-0.3, -0.25) is 9.89 Å². The lowest BCUT2D eigenvalue weighted by molar-refractivity contribution is 0.0662. The van der Waals surface area contributed by atoms with E-state index in [1.54, 1.807) is 0 Å². The number of rotatable bonds is 4. The molecule has 0 aliphatic carbocycles. The number of nitrogens with zero attached hydrogens (tertiary/aromatic N) is 1. The summed E-state index contributed by atoms with van der Waals surface area (Å²) in [5, 5.41) is 13.5. The first-order valence-electron chi connectivity index (χ1n) is 7.49. The Morgan fingerprint density at radius 2 is 2.43 bits per heavy atom. The SMILES string of the molecule is CCC(NC(=O)c1n[nH]c2c1CNCC2)C1CCCO1.Cl. The van der Waals surface area contributed by atoms with Crippen LogP contribution in [-0.2, 0) is 17.7 Å². The molecule has 2 aliphatic heterocycles. The van der Waals surface area contributed by atoms with E-state index in [1.165, 1.54) is 0 Å². The maximum Gasteiger partial charge on any atom is 0.272 e. The predicted octanol–water partition coefficient (Wildman–Crippen LogP) is 1.16. The van der Waals surface area contributed by atoms with Crippen molar-refractivity contribution < 1.29 is 9.53 Å². The number of carbonyl (C=O) groups excluding carboxylic acids is 1. The second-order valence-electron chi connectivity index (χ2n) is 5.50. The molecule has 0 radical (unpaired) electrons. The van der Waals surface area contributed by atoms with Crippen molar-refractivity contribution >= 4 is 18.3 Å². The van der Waals surface area contributed by atoms with E-state index in [1.807, 2.05) is 0 Å². The summed E-state index contributed by atoms with van der Waals surface area (Å²) in [6.45, 7) is 4.53. The number of ether oxygens (including phenoxy) is 1. The third-order valence-electron chi connectivity index (χ3n) is 4.19. The molecular formula is C14H23ClN4O2. The minimum Gasteiger partial charge on any atom is -0.376 e. The van der Waals surface area contributed by atoms with Gasteiger partial charge in [0.1, 0.15) is 0 Å². The molecule has 7 heteroatoms. The zero-order valence-corrected chi connectivity index (χ0v) is 13.1. The van der Waals surface area contributed by atoms with Gasteiger partial charge in [0.25, 0.3) is 5.91 Å². The molecule has 0 saturated carbocycles. The summed E-state index contributed by atoms with van der Waals surface area (Å²) in [6, 6.07) is 0.0777. The van der Waals surface area contributed by atoms with Gasteiger partial charge in [-0.25, -0.2) is 0 Å². The lowest BCUT2D eigenvalue weighted by Crippen LogP contribution is -2.43. The Morgan fingerprint density at radius 1 is 1.57 bits per heavy atom. The molecule has 2 aliphatic rings. The molecule has 0 spiro atoms. The van der Waals surface area contributed by atoms with Gasteiger partial charge in [0, 0.05) is 37.4 Å². The van der Waals surface area contributed by atoms with E-state index in [-0.39, 0.29) is 30.5 Å². The molecule has 3 rings (SSSR count). The molecule has 1 saturated heterocycles. The van der Waals surface area contributed by atoms with Crippen molar-refractivity contribution in [3.05, 3.63) is 17.0 Å². The van der Waals surface area contributed by atoms with Crippen LogP contribution in [0.4, 0.5) is 0 Å². The Bertz CT molecular complexity index is 485. The number of aromatic amines is 1. The molecule has 0 aromatic carbocycles. The number of halogens is 1. The second-order valence-corrected chi connectivity index (χ2v) is 5.50. The van der Waals surface area contributed by atoms with Crippen LogP contribution in [0.1, 0.15) is 47.9 Å². The molecule has 1 aromatic heterocycles. The third kappa shape index (κ3) is 3.39. The quantitative estimate of drug-likeness (QED) is 0.779. The molecular weight excluding hydrogens is 292 g/mol. The van der Waals surface area contributed by atoms with Crippen LogP contribution in [-0.4, -0.2) is 41.4 Å². The van der Waals surface area contributed by atoms with Gasteiger partial charge < -0.3 is 15.4 Å². The Morgan fingerprint density at radius 3 is 3.14 bits per heavy atom. The molecule has 21 heavy (non-hydrogen) atoms. The molecule has 2 atom stereocenters. The standard InChI is InChI=1S/C14H22N4O2.ClH/c1-2-10(12-4-3-7-20-12)16-14(19)13-9-8-15-6-5-11(9)17-18-13;/h10,12,15H,2-8H2,1H3,(H,16,19)(H,17,18);1H. The van der Waals surface area contributed by atoms with Crippen molar-refractivity contribution in [2.45, 2.75) is 51.3 Å². The Hall–Kier alpha value is -1.11. The van der Waals surface area contributed by atoms with Gasteiger partial charge in [-0.05, 0) is 19.3 Å². The highest BCUT2D eigenvalue weighted by atomic mass is 35.5. The topological polar surface area (TPSA) is 79.0 Å². The van der Waals surface area contributed by atoms with E-state index in [0.29, 0.717) is 12.2 Å². The molecule has 118 valence electrons. The minimum atomic E-state index is -0.0893. The van der Waals surface area contributed by atoms with Gasteiger partial charge in [0.2, 0.25) is 0 Å². The summed E-state index contributed by atoms with van der Waals surface area (Å²) in [7, 11) is 0. The van der Waals surface area contributed by atoms with Crippen LogP contribution in [0, 0.1) is 0 Å². The molecule has 6 nitrogen and oxygen atoms in total. The normalized spacial score (nSPS) is 22.2. The maximum absolute atomic E-state index is 12.4. The van der Waals surface area contributed by atoms with E-state index >= 15 is 0 Å². The Balaban J connectivity index is 0.00000161. The van der Waals surface area contributed by atoms with E-state index in [9.17, 15) is 4.79 Å². The van der Waals surface area contributed by atoms with E-state index in [4.69, 9.17) is 4.74 Å². The monoisotopic (exact) mass is 314 g/mol. The number of amides is 1. The van der Waals surface area contributed by atoms with Gasteiger partial charge in [0.15, 0.2) is 5.69 Å². The fraction of sp³-hybridized carbons (Fsp3) is 0.714. The van der Waals surface area contributed by atoms with Crippen molar-refractivity contribution in [3.63, 3.8) is 0 Å². The van der Waals surface area contributed by atoms with Crippen LogP contribution in [0.15, 0.2) is 0 Å². The molecule has 3 N–H and O–H groups in total. The van der Waals surface area contributed by atoms with Gasteiger partial charge in [-0.15, -0.1) is 12.4 Å². The molecule has 3 heterocycles. The van der Waals surface area contributed by atoms with Crippen molar-refractivity contribution in [1.29, 1.82) is 0 Å². The predicted molar refractivity (Wildman–Crippen MR) is 81.8 cm³/mol. The second kappa shape index (κ2) is 7.24. The number of aromatic nitrogens is 2. The van der Waals surface area contributed by atoms with Crippen LogP contribution in [0.3, 0.4) is 0 Å². The lowest BCUT2D eigenvalue weighted by Gasteiger charge is -2.22. The first-order valence-corrected chi connectivity index (χ1v) is 7.49. The largest absolute Gasteiger partial charge is 0.376 e. The molecule has 1 amide bonds. The number of nitrogens with one attached hydrogen (secondary N) is 3. The smallest absolute Gasteiger partial charge is 0.272 e. The zero-order valence-electron chi connectivity index (χ0n) is 12.3. The van der Waals surface area contributed by atoms with Crippen LogP contribution in [0.2, 0.25) is 0 Å². The first-order chi connectivity index (χ1) is 9.79. The first kappa shape index (κ1) is 16.3. The van der Waals surface area contributed by atoms with E-state index < -0.39 is 0 Å². The maximum atomic E-state index is 12.4. The van der Waals surface area contributed by atoms with Crippen LogP contribution in [0.25, 0.3) is 0 Å². The summed E-state index contributed by atoms with van der Waals surface area (Å²) in [5.41, 5.74) is 2.62. The van der Waals surface area contributed by atoms with Gasteiger partial charge in [-0.2, -0.15) is 5.10 Å². The molecule has 0 bridgehead atoms. The van der Waals surface area contributed by atoms with Gasteiger partial charge >= 0.3 is 0 Å². The number of carbonyl (C=O) groups is 1. The van der Waals surface area contributed by atoms with Crippen molar-refractivity contribution in [1.82, 2.24) is 20.8 Å². The minimum absolute atomic E-state index is 0. The zero-order chi connectivity index (χ0) is 13.9. The van der Waals surface area contributed by atoms with Crippen molar-refractivity contribution in [2.75, 3.05) is 13.2 Å². The average molecular weight is 315 g/mol. The van der Waals surface area contributed by atoms with Crippen molar-refractivity contribution in [2.24, 2.45) is 0 Å².